The zero-order valence-electron chi connectivity index (χ0n) is 20.6. The highest BCUT2D eigenvalue weighted by Gasteiger charge is 2.15. The summed E-state index contributed by atoms with van der Waals surface area (Å²) < 4.78 is 28.8. The molecule has 0 saturated heterocycles. The number of hydrogen-bond acceptors (Lipinski definition) is 6. The molecule has 0 atom stereocenters. The first-order valence-electron chi connectivity index (χ1n) is 11.7. The Morgan fingerprint density at radius 1 is 1.00 bits per heavy atom. The van der Waals surface area contributed by atoms with Crippen molar-refractivity contribution in [3.8, 4) is 16.9 Å². The topological polar surface area (TPSA) is 97.6 Å². The summed E-state index contributed by atoms with van der Waals surface area (Å²) >= 11 is 0. The minimum Gasteiger partial charge on any atom is -0.324 e. The van der Waals surface area contributed by atoms with Gasteiger partial charge in [-0.15, -0.1) is 0 Å². The second-order valence-electron chi connectivity index (χ2n) is 8.65. The fourth-order valence-electron chi connectivity index (χ4n) is 3.86. The molecule has 2 aromatic carbocycles. The average molecular weight is 512 g/mol. The molecule has 0 unspecified atom stereocenters. The second-order valence-corrected chi connectivity index (χ2v) is 8.65. The van der Waals surface area contributed by atoms with Crippen LogP contribution in [0.25, 0.3) is 16.9 Å². The first-order chi connectivity index (χ1) is 18.4. The van der Waals surface area contributed by atoms with Gasteiger partial charge >= 0.3 is 0 Å². The predicted molar refractivity (Wildman–Crippen MR) is 141 cm³/mol. The number of nitrogens with zero attached hydrogens (tertiary/aromatic N) is 5. The molecular formula is C28H23F2N7O. The van der Waals surface area contributed by atoms with Crippen molar-refractivity contribution in [2.24, 2.45) is 0 Å². The van der Waals surface area contributed by atoms with Crippen LogP contribution < -0.4 is 10.6 Å². The normalized spacial score (nSPS) is 11.0. The van der Waals surface area contributed by atoms with E-state index in [9.17, 15) is 13.6 Å². The van der Waals surface area contributed by atoms with E-state index in [4.69, 9.17) is 0 Å². The smallest absolute Gasteiger partial charge is 0.264 e. The summed E-state index contributed by atoms with van der Waals surface area (Å²) in [6.07, 6.45) is 5.60. The third-order valence-electron chi connectivity index (χ3n) is 5.82. The predicted octanol–water partition coefficient (Wildman–Crippen LogP) is 6.27. The summed E-state index contributed by atoms with van der Waals surface area (Å²) in [4.78, 5) is 30.2. The standard InChI is InChI=1S/C28H23F2N7O/c1-17-5-6-19(12-25(17)36-28-32-9-7-24(35-28)20-4-3-8-31-14-20)27(38)34-22-10-21(26(29)30)11-23(13-22)37-15-18(2)33-16-37/h3-16,26H,1-2H3,(H,34,38)(H,32,35,36). The van der Waals surface area contributed by atoms with Gasteiger partial charge in [-0.2, -0.15) is 0 Å². The van der Waals surface area contributed by atoms with E-state index in [1.165, 1.54) is 18.5 Å². The average Bonchev–Trinajstić information content (AvgIpc) is 3.36. The number of imidazole rings is 1. The third kappa shape index (κ3) is 5.54. The number of hydrogen-bond donors (Lipinski definition) is 2. The lowest BCUT2D eigenvalue weighted by molar-refractivity contribution is 0.102. The minimum absolute atomic E-state index is 0.207. The maximum Gasteiger partial charge on any atom is 0.264 e. The summed E-state index contributed by atoms with van der Waals surface area (Å²) in [7, 11) is 0. The Labute approximate surface area is 217 Å². The molecule has 0 aliphatic rings. The Morgan fingerprint density at radius 3 is 2.61 bits per heavy atom. The number of aromatic nitrogens is 5. The Kier molecular flexibility index (Phi) is 6.86. The van der Waals surface area contributed by atoms with Crippen LogP contribution in [-0.2, 0) is 0 Å². The van der Waals surface area contributed by atoms with Gasteiger partial charge in [0.05, 0.1) is 17.7 Å². The molecule has 0 aliphatic carbocycles. The van der Waals surface area contributed by atoms with Gasteiger partial charge in [-0.05, 0) is 67.9 Å². The summed E-state index contributed by atoms with van der Waals surface area (Å²) in [5, 5.41) is 5.91. The van der Waals surface area contributed by atoms with E-state index < -0.39 is 12.3 Å². The van der Waals surface area contributed by atoms with Gasteiger partial charge in [0.25, 0.3) is 12.3 Å². The van der Waals surface area contributed by atoms with Gasteiger partial charge in [0.15, 0.2) is 0 Å². The first-order valence-corrected chi connectivity index (χ1v) is 11.7. The lowest BCUT2D eigenvalue weighted by atomic mass is 10.1. The summed E-state index contributed by atoms with van der Waals surface area (Å²) in [5.41, 5.74) is 4.64. The fourth-order valence-corrected chi connectivity index (χ4v) is 3.86. The molecule has 3 aromatic heterocycles. The third-order valence-corrected chi connectivity index (χ3v) is 5.82. The van der Waals surface area contributed by atoms with Crippen LogP contribution >= 0.6 is 0 Å². The van der Waals surface area contributed by atoms with Crippen LogP contribution in [-0.4, -0.2) is 30.4 Å². The largest absolute Gasteiger partial charge is 0.324 e. The van der Waals surface area contributed by atoms with Gasteiger partial charge in [0, 0.05) is 58.5 Å². The molecule has 5 aromatic rings. The highest BCUT2D eigenvalue weighted by molar-refractivity contribution is 6.05. The van der Waals surface area contributed by atoms with Gasteiger partial charge in [-0.3, -0.25) is 9.78 Å². The quantitative estimate of drug-likeness (QED) is 0.267. The molecule has 0 fully saturated rings. The van der Waals surface area contributed by atoms with Gasteiger partial charge in [-0.25, -0.2) is 23.7 Å². The Hall–Kier alpha value is -4.99. The number of pyridine rings is 1. The molecular weight excluding hydrogens is 488 g/mol. The Balaban J connectivity index is 1.39. The van der Waals surface area contributed by atoms with E-state index in [0.717, 1.165) is 16.8 Å². The van der Waals surface area contributed by atoms with Crippen LogP contribution in [0.2, 0.25) is 0 Å². The lowest BCUT2D eigenvalue weighted by Gasteiger charge is -2.13. The van der Waals surface area contributed by atoms with E-state index >= 15 is 0 Å². The monoisotopic (exact) mass is 511 g/mol. The number of alkyl halides is 2. The van der Waals surface area contributed by atoms with Crippen molar-refractivity contribution in [2.75, 3.05) is 10.6 Å². The number of rotatable bonds is 7. The van der Waals surface area contributed by atoms with Crippen LogP contribution in [0.4, 0.5) is 26.1 Å². The number of anilines is 3. The zero-order chi connectivity index (χ0) is 26.6. The van der Waals surface area contributed by atoms with E-state index in [-0.39, 0.29) is 11.3 Å². The van der Waals surface area contributed by atoms with Crippen LogP contribution in [0.1, 0.15) is 33.6 Å². The molecule has 0 aliphatic heterocycles. The molecule has 8 nitrogen and oxygen atoms in total. The van der Waals surface area contributed by atoms with Gasteiger partial charge in [0.1, 0.15) is 0 Å². The van der Waals surface area contributed by atoms with Crippen molar-refractivity contribution in [1.82, 2.24) is 24.5 Å². The molecule has 0 bridgehead atoms. The number of halogens is 2. The molecule has 0 saturated carbocycles. The molecule has 190 valence electrons. The second kappa shape index (κ2) is 10.6. The van der Waals surface area contributed by atoms with Crippen molar-refractivity contribution in [3.05, 3.63) is 108 Å². The van der Waals surface area contributed by atoms with E-state index in [2.05, 4.69) is 30.6 Å². The Morgan fingerprint density at radius 2 is 1.87 bits per heavy atom. The highest BCUT2D eigenvalue weighted by atomic mass is 19.3. The number of carbonyl (C=O) groups excluding carboxylic acids is 1. The number of amides is 1. The SMILES string of the molecule is Cc1cn(-c2cc(NC(=O)c3ccc(C)c(Nc4nccc(-c5cccnc5)n4)c3)cc(C(F)F)c2)cn1. The van der Waals surface area contributed by atoms with E-state index in [0.29, 0.717) is 28.6 Å². The maximum atomic E-state index is 13.6. The molecule has 0 radical (unpaired) electrons. The van der Waals surface area contributed by atoms with E-state index in [1.54, 1.807) is 66.6 Å². The van der Waals surface area contributed by atoms with Crippen molar-refractivity contribution < 1.29 is 13.6 Å². The van der Waals surface area contributed by atoms with Crippen LogP contribution in [0.5, 0.6) is 0 Å². The van der Waals surface area contributed by atoms with Crippen molar-refractivity contribution in [1.29, 1.82) is 0 Å². The van der Waals surface area contributed by atoms with Crippen LogP contribution in [0.15, 0.2) is 85.7 Å². The van der Waals surface area contributed by atoms with Crippen LogP contribution in [0.3, 0.4) is 0 Å². The zero-order valence-corrected chi connectivity index (χ0v) is 20.6. The summed E-state index contributed by atoms with van der Waals surface area (Å²) in [6.45, 7) is 3.69. The molecule has 1 amide bonds. The van der Waals surface area contributed by atoms with Crippen molar-refractivity contribution in [3.63, 3.8) is 0 Å². The number of benzene rings is 2. The first kappa shape index (κ1) is 24.7. The Bertz CT molecular complexity index is 1600. The maximum absolute atomic E-state index is 13.6. The summed E-state index contributed by atoms with van der Waals surface area (Å²) in [6, 6.07) is 14.9. The lowest BCUT2D eigenvalue weighted by Crippen LogP contribution is -2.13. The van der Waals surface area contributed by atoms with Crippen LogP contribution in [0, 0.1) is 13.8 Å². The molecule has 38 heavy (non-hydrogen) atoms. The molecule has 3 heterocycles. The minimum atomic E-state index is -2.70. The fraction of sp³-hybridized carbons (Fsp3) is 0.107. The van der Waals surface area contributed by atoms with Crippen molar-refractivity contribution >= 4 is 23.2 Å². The van der Waals surface area contributed by atoms with Gasteiger partial charge in [0.2, 0.25) is 5.95 Å². The van der Waals surface area contributed by atoms with Crippen molar-refractivity contribution in [2.45, 2.75) is 20.3 Å². The molecule has 5 rings (SSSR count). The number of aryl methyl sites for hydroxylation is 2. The van der Waals surface area contributed by atoms with E-state index in [1.807, 2.05) is 19.1 Å². The molecule has 2 N–H and O–H groups in total. The van der Waals surface area contributed by atoms with Gasteiger partial charge < -0.3 is 15.2 Å². The van der Waals surface area contributed by atoms with Gasteiger partial charge in [-0.1, -0.05) is 6.07 Å². The number of carbonyl (C=O) groups is 1. The molecule has 10 heteroatoms. The highest BCUT2D eigenvalue weighted by Crippen LogP contribution is 2.27. The number of nitrogens with one attached hydrogen (secondary N) is 2. The summed E-state index contributed by atoms with van der Waals surface area (Å²) in [5.74, 6) is -0.0887. The molecule has 0 spiro atoms.